The van der Waals surface area contributed by atoms with Crippen LogP contribution < -0.4 is 10.1 Å². The van der Waals surface area contributed by atoms with Crippen LogP contribution in [0.1, 0.15) is 29.4 Å². The van der Waals surface area contributed by atoms with Crippen LogP contribution in [-0.2, 0) is 0 Å². The maximum atomic E-state index is 12.6. The molecule has 0 spiro atoms. The predicted octanol–water partition coefficient (Wildman–Crippen LogP) is 5.27. The van der Waals surface area contributed by atoms with Crippen LogP contribution in [0.3, 0.4) is 0 Å². The molecule has 0 aliphatic rings. The number of aryl methyl sites for hydroxylation is 1. The summed E-state index contributed by atoms with van der Waals surface area (Å²) in [4.78, 5) is 23.1. The minimum Gasteiger partial charge on any atom is -0.494 e. The van der Waals surface area contributed by atoms with Crippen molar-refractivity contribution in [3.05, 3.63) is 53.0 Å². The van der Waals surface area contributed by atoms with Gasteiger partial charge in [0.1, 0.15) is 10.6 Å². The van der Waals surface area contributed by atoms with E-state index >= 15 is 0 Å². The number of carbonyl (C=O) groups excluding carboxylic acids is 1. The number of thiophene rings is 1. The fourth-order valence-electron chi connectivity index (χ4n) is 2.59. The van der Waals surface area contributed by atoms with Crippen LogP contribution >= 0.6 is 22.7 Å². The van der Waals surface area contributed by atoms with Crippen molar-refractivity contribution in [2.45, 2.75) is 20.3 Å². The maximum Gasteiger partial charge on any atom is 0.270 e. The Morgan fingerprint density at radius 2 is 2.14 bits per heavy atom. The number of rotatable bonds is 7. The van der Waals surface area contributed by atoms with E-state index in [9.17, 15) is 4.79 Å². The summed E-state index contributed by atoms with van der Waals surface area (Å²) in [5, 5.41) is 9.29. The number of nitrogens with zero attached hydrogens (tertiary/aromatic N) is 3. The van der Waals surface area contributed by atoms with Crippen LogP contribution in [0.5, 0.6) is 5.75 Å². The SMILES string of the molecule is CCCOc1cccc(C(=O)Nc2nc(C)c(-c3nc(-c4cccs4)no3)s2)c1. The lowest BCUT2D eigenvalue weighted by Crippen LogP contribution is -2.11. The number of benzene rings is 1. The van der Waals surface area contributed by atoms with Gasteiger partial charge in [0, 0.05) is 5.56 Å². The lowest BCUT2D eigenvalue weighted by atomic mass is 10.2. The number of anilines is 1. The highest BCUT2D eigenvalue weighted by atomic mass is 32.1. The molecule has 3 aromatic heterocycles. The summed E-state index contributed by atoms with van der Waals surface area (Å²) >= 11 is 2.84. The number of aromatic nitrogens is 3. The van der Waals surface area contributed by atoms with Crippen molar-refractivity contribution < 1.29 is 14.1 Å². The Labute approximate surface area is 175 Å². The van der Waals surface area contributed by atoms with E-state index in [1.54, 1.807) is 29.5 Å². The molecule has 148 valence electrons. The highest BCUT2D eigenvalue weighted by molar-refractivity contribution is 7.19. The predicted molar refractivity (Wildman–Crippen MR) is 114 cm³/mol. The highest BCUT2D eigenvalue weighted by Gasteiger charge is 2.19. The number of hydrogen-bond donors (Lipinski definition) is 1. The van der Waals surface area contributed by atoms with E-state index in [0.29, 0.717) is 40.5 Å². The first kappa shape index (κ1) is 19.3. The molecular formula is C20H18N4O3S2. The largest absolute Gasteiger partial charge is 0.494 e. The molecule has 0 bridgehead atoms. The molecule has 0 saturated heterocycles. The molecule has 0 atom stereocenters. The van der Waals surface area contributed by atoms with Crippen LogP contribution in [-0.4, -0.2) is 27.6 Å². The molecule has 7 nitrogen and oxygen atoms in total. The first-order valence-electron chi connectivity index (χ1n) is 9.03. The molecule has 1 N–H and O–H groups in total. The zero-order valence-corrected chi connectivity index (χ0v) is 17.5. The standard InChI is InChI=1S/C20H18N4O3S2/c1-3-9-26-14-7-4-6-13(11-14)18(25)23-20-21-12(2)16(29-20)19-22-17(24-27-19)15-8-5-10-28-15/h4-8,10-11H,3,9H2,1-2H3,(H,21,23,25). The molecule has 1 aromatic carbocycles. The van der Waals surface area contributed by atoms with Crippen LogP contribution in [0.2, 0.25) is 0 Å². The monoisotopic (exact) mass is 426 g/mol. The Morgan fingerprint density at radius 3 is 2.93 bits per heavy atom. The minimum atomic E-state index is -0.253. The van der Waals surface area contributed by atoms with Crippen molar-refractivity contribution in [2.24, 2.45) is 0 Å². The number of amides is 1. The summed E-state index contributed by atoms with van der Waals surface area (Å²) < 4.78 is 11.0. The van der Waals surface area contributed by atoms with Gasteiger partial charge in [0.25, 0.3) is 11.8 Å². The third kappa shape index (κ3) is 4.36. The molecule has 0 aliphatic carbocycles. The summed E-state index contributed by atoms with van der Waals surface area (Å²) in [6.45, 7) is 4.49. The van der Waals surface area contributed by atoms with Gasteiger partial charge in [-0.15, -0.1) is 11.3 Å². The van der Waals surface area contributed by atoms with Crippen molar-refractivity contribution in [1.29, 1.82) is 0 Å². The highest BCUT2D eigenvalue weighted by Crippen LogP contribution is 2.33. The van der Waals surface area contributed by atoms with Crippen LogP contribution in [0.15, 0.2) is 46.3 Å². The fraction of sp³-hybridized carbons (Fsp3) is 0.200. The van der Waals surface area contributed by atoms with Gasteiger partial charge in [-0.25, -0.2) is 4.98 Å². The molecule has 1 amide bonds. The van der Waals surface area contributed by atoms with E-state index in [2.05, 4.69) is 20.4 Å². The lowest BCUT2D eigenvalue weighted by molar-refractivity contribution is 0.102. The normalized spacial score (nSPS) is 10.8. The number of thiazole rings is 1. The molecule has 0 radical (unpaired) electrons. The Kier molecular flexibility index (Phi) is 5.68. The Bertz CT molecular complexity index is 1120. The van der Waals surface area contributed by atoms with E-state index in [-0.39, 0.29) is 5.91 Å². The second-order valence-corrected chi connectivity index (χ2v) is 8.11. The van der Waals surface area contributed by atoms with Gasteiger partial charge in [-0.05, 0) is 43.0 Å². The lowest BCUT2D eigenvalue weighted by Gasteiger charge is -2.06. The van der Waals surface area contributed by atoms with Crippen molar-refractivity contribution in [3.63, 3.8) is 0 Å². The van der Waals surface area contributed by atoms with Gasteiger partial charge in [0.2, 0.25) is 5.82 Å². The van der Waals surface area contributed by atoms with Crippen LogP contribution in [0.25, 0.3) is 21.5 Å². The number of hydrogen-bond acceptors (Lipinski definition) is 8. The van der Waals surface area contributed by atoms with Crippen molar-refractivity contribution in [1.82, 2.24) is 15.1 Å². The van der Waals surface area contributed by atoms with Gasteiger partial charge in [-0.1, -0.05) is 35.5 Å². The van der Waals surface area contributed by atoms with E-state index in [1.807, 2.05) is 37.4 Å². The Hall–Kier alpha value is -3.04. The minimum absolute atomic E-state index is 0.253. The molecule has 0 aliphatic heterocycles. The molecule has 29 heavy (non-hydrogen) atoms. The number of nitrogens with one attached hydrogen (secondary N) is 1. The molecule has 4 rings (SSSR count). The van der Waals surface area contributed by atoms with E-state index in [1.165, 1.54) is 11.3 Å². The third-order valence-electron chi connectivity index (χ3n) is 3.95. The van der Waals surface area contributed by atoms with Gasteiger partial charge in [-0.3, -0.25) is 10.1 Å². The van der Waals surface area contributed by atoms with Gasteiger partial charge in [-0.2, -0.15) is 4.98 Å². The molecule has 0 unspecified atom stereocenters. The molecule has 0 saturated carbocycles. The smallest absolute Gasteiger partial charge is 0.270 e. The van der Waals surface area contributed by atoms with Crippen molar-refractivity contribution in [2.75, 3.05) is 11.9 Å². The van der Waals surface area contributed by atoms with E-state index in [0.717, 1.165) is 16.2 Å². The molecule has 0 fully saturated rings. The van der Waals surface area contributed by atoms with Crippen LogP contribution in [0.4, 0.5) is 5.13 Å². The van der Waals surface area contributed by atoms with E-state index in [4.69, 9.17) is 9.26 Å². The first-order valence-corrected chi connectivity index (χ1v) is 10.7. The third-order valence-corrected chi connectivity index (χ3v) is 5.87. The topological polar surface area (TPSA) is 90.1 Å². The number of ether oxygens (including phenoxy) is 1. The fourth-order valence-corrected chi connectivity index (χ4v) is 4.12. The molecular weight excluding hydrogens is 408 g/mol. The molecule has 4 aromatic rings. The van der Waals surface area contributed by atoms with Gasteiger partial charge in [0.15, 0.2) is 5.13 Å². The quantitative estimate of drug-likeness (QED) is 0.433. The summed E-state index contributed by atoms with van der Waals surface area (Å²) in [5.41, 5.74) is 1.22. The average Bonchev–Trinajstić information content (AvgIpc) is 3.47. The first-order chi connectivity index (χ1) is 14.1. The zero-order valence-electron chi connectivity index (χ0n) is 15.8. The average molecular weight is 427 g/mol. The summed E-state index contributed by atoms with van der Waals surface area (Å²) in [5.74, 6) is 1.34. The van der Waals surface area contributed by atoms with Crippen LogP contribution in [0, 0.1) is 6.92 Å². The Morgan fingerprint density at radius 1 is 1.24 bits per heavy atom. The van der Waals surface area contributed by atoms with Crippen molar-refractivity contribution >= 4 is 33.7 Å². The van der Waals surface area contributed by atoms with Gasteiger partial charge in [0.05, 0.1) is 17.2 Å². The summed E-state index contributed by atoms with van der Waals surface area (Å²) in [6.07, 6.45) is 0.904. The van der Waals surface area contributed by atoms with E-state index < -0.39 is 0 Å². The molecule has 9 heteroatoms. The van der Waals surface area contributed by atoms with Gasteiger partial charge >= 0.3 is 0 Å². The second kappa shape index (κ2) is 8.54. The Balaban J connectivity index is 1.50. The number of carbonyl (C=O) groups is 1. The van der Waals surface area contributed by atoms with Crippen molar-refractivity contribution in [3.8, 4) is 27.2 Å². The molecule has 3 heterocycles. The second-order valence-electron chi connectivity index (χ2n) is 6.16. The van der Waals surface area contributed by atoms with Gasteiger partial charge < -0.3 is 9.26 Å². The zero-order chi connectivity index (χ0) is 20.2. The summed E-state index contributed by atoms with van der Waals surface area (Å²) in [6, 6.07) is 11.0. The summed E-state index contributed by atoms with van der Waals surface area (Å²) in [7, 11) is 0. The maximum absolute atomic E-state index is 12.6.